The number of hydrogen-bond acceptors (Lipinski definition) is 6. The van der Waals surface area contributed by atoms with Crippen LogP contribution >= 0.6 is 23.2 Å². The molecule has 0 unspecified atom stereocenters. The van der Waals surface area contributed by atoms with Crippen molar-refractivity contribution in [3.63, 3.8) is 0 Å². The second-order valence-electron chi connectivity index (χ2n) is 9.13. The number of hydrogen-bond donors (Lipinski definition) is 1. The van der Waals surface area contributed by atoms with Crippen LogP contribution in [0, 0.1) is 5.92 Å². The van der Waals surface area contributed by atoms with Gasteiger partial charge in [0.25, 0.3) is 0 Å². The highest BCUT2D eigenvalue weighted by atomic mass is 35.5. The highest BCUT2D eigenvalue weighted by Gasteiger charge is 2.33. The lowest BCUT2D eigenvalue weighted by Gasteiger charge is -2.30. The number of carbonyl (C=O) groups excluding carboxylic acids is 1. The Hall–Kier alpha value is -1.89. The summed E-state index contributed by atoms with van der Waals surface area (Å²) in [6.07, 6.45) is 2.29. The van der Waals surface area contributed by atoms with Crippen LogP contribution in [0.4, 0.5) is 5.69 Å². The van der Waals surface area contributed by atoms with Crippen molar-refractivity contribution >= 4 is 54.8 Å². The van der Waals surface area contributed by atoms with E-state index in [-0.39, 0.29) is 40.4 Å². The van der Waals surface area contributed by atoms with E-state index >= 15 is 0 Å². The summed E-state index contributed by atoms with van der Waals surface area (Å²) in [7, 11) is -5.86. The third kappa shape index (κ3) is 6.40. The third-order valence-corrected chi connectivity index (χ3v) is 11.0. The van der Waals surface area contributed by atoms with Crippen molar-refractivity contribution < 1.29 is 26.4 Å². The number of rotatable bonds is 8. The average molecular weight is 591 g/mol. The minimum atomic E-state index is -3.67. The summed E-state index contributed by atoms with van der Waals surface area (Å²) in [5.41, 5.74) is 0.724. The van der Waals surface area contributed by atoms with Gasteiger partial charge in [-0.15, -0.1) is 0 Å². The standard InChI is InChI=1S/C24H29Cl2N3O6S2/c1-35-23-7-6-20(37(33,34)29-10-2-3-11-29)15-22(23)27-24(30)17-8-12-28(13-9-17)36(31,32)16-18-4-5-19(25)14-21(18)26/h4-7,14-15,17H,2-3,8-13,16H2,1H3,(H,27,30). The number of ether oxygens (including phenoxy) is 1. The molecule has 37 heavy (non-hydrogen) atoms. The van der Waals surface area contributed by atoms with Crippen molar-refractivity contribution in [2.45, 2.75) is 36.3 Å². The van der Waals surface area contributed by atoms with Crippen LogP contribution < -0.4 is 10.1 Å². The molecule has 2 heterocycles. The first-order valence-corrected chi connectivity index (χ1v) is 15.7. The number of sulfonamides is 2. The van der Waals surface area contributed by atoms with Crippen LogP contribution in [0.5, 0.6) is 5.75 Å². The number of piperidine rings is 1. The number of methoxy groups -OCH3 is 1. The Kier molecular flexibility index (Phi) is 8.72. The molecule has 0 spiro atoms. The van der Waals surface area contributed by atoms with Crippen LogP contribution in [0.2, 0.25) is 10.0 Å². The maximum absolute atomic E-state index is 13.1. The summed E-state index contributed by atoms with van der Waals surface area (Å²) in [6, 6.07) is 9.10. The van der Waals surface area contributed by atoms with Gasteiger partial charge in [0, 0.05) is 42.1 Å². The zero-order valence-corrected chi connectivity index (χ0v) is 23.5. The van der Waals surface area contributed by atoms with Gasteiger partial charge in [0.05, 0.1) is 23.4 Å². The quantitative estimate of drug-likeness (QED) is 0.498. The number of benzene rings is 2. The van der Waals surface area contributed by atoms with Crippen molar-refractivity contribution in [3.8, 4) is 5.75 Å². The van der Waals surface area contributed by atoms with Gasteiger partial charge in [0.2, 0.25) is 26.0 Å². The molecule has 202 valence electrons. The minimum Gasteiger partial charge on any atom is -0.495 e. The Bertz CT molecular complexity index is 1370. The second-order valence-corrected chi connectivity index (χ2v) is 13.9. The van der Waals surface area contributed by atoms with Gasteiger partial charge in [0.15, 0.2) is 0 Å². The molecular formula is C24H29Cl2N3O6S2. The van der Waals surface area contributed by atoms with Gasteiger partial charge in [-0.1, -0.05) is 29.3 Å². The molecular weight excluding hydrogens is 561 g/mol. The Balaban J connectivity index is 1.41. The summed E-state index contributed by atoms with van der Waals surface area (Å²) in [4.78, 5) is 13.1. The third-order valence-electron chi connectivity index (χ3n) is 6.70. The predicted octanol–water partition coefficient (Wildman–Crippen LogP) is 3.97. The van der Waals surface area contributed by atoms with Gasteiger partial charge >= 0.3 is 0 Å². The molecule has 9 nitrogen and oxygen atoms in total. The molecule has 2 aromatic carbocycles. The number of amides is 1. The minimum absolute atomic E-state index is 0.0901. The maximum Gasteiger partial charge on any atom is 0.243 e. The van der Waals surface area contributed by atoms with Crippen LogP contribution in [0.25, 0.3) is 0 Å². The molecule has 2 fully saturated rings. The summed E-state index contributed by atoms with van der Waals surface area (Å²) in [6.45, 7) is 1.32. The zero-order valence-electron chi connectivity index (χ0n) is 20.3. The summed E-state index contributed by atoms with van der Waals surface area (Å²) in [5, 5.41) is 3.51. The Morgan fingerprint density at radius 1 is 0.973 bits per heavy atom. The molecule has 1 amide bonds. The highest BCUT2D eigenvalue weighted by Crippen LogP contribution is 2.32. The predicted molar refractivity (Wildman–Crippen MR) is 143 cm³/mol. The first kappa shape index (κ1) is 28.1. The Morgan fingerprint density at radius 3 is 2.27 bits per heavy atom. The second kappa shape index (κ2) is 11.5. The molecule has 0 atom stereocenters. The van der Waals surface area contributed by atoms with E-state index in [9.17, 15) is 21.6 Å². The highest BCUT2D eigenvalue weighted by molar-refractivity contribution is 7.89. The fraction of sp³-hybridized carbons (Fsp3) is 0.458. The average Bonchev–Trinajstić information content (AvgIpc) is 3.42. The monoisotopic (exact) mass is 589 g/mol. The Labute approximate surface area is 227 Å². The van der Waals surface area contributed by atoms with Crippen LogP contribution in [-0.4, -0.2) is 64.6 Å². The fourth-order valence-electron chi connectivity index (χ4n) is 4.58. The summed E-state index contributed by atoms with van der Waals surface area (Å²) >= 11 is 12.0. The van der Waals surface area contributed by atoms with Gasteiger partial charge < -0.3 is 10.1 Å². The number of anilines is 1. The maximum atomic E-state index is 13.1. The molecule has 2 aliphatic heterocycles. The SMILES string of the molecule is COc1ccc(S(=O)(=O)N2CCCC2)cc1NC(=O)C1CCN(S(=O)(=O)Cc2ccc(Cl)cc2Cl)CC1. The van der Waals surface area contributed by atoms with Gasteiger partial charge in [-0.2, -0.15) is 4.31 Å². The van der Waals surface area contributed by atoms with E-state index in [1.54, 1.807) is 12.1 Å². The first-order chi connectivity index (χ1) is 17.5. The molecule has 13 heteroatoms. The molecule has 2 saturated heterocycles. The lowest BCUT2D eigenvalue weighted by Crippen LogP contribution is -2.42. The van der Waals surface area contributed by atoms with E-state index in [0.29, 0.717) is 42.3 Å². The number of nitrogens with one attached hydrogen (secondary N) is 1. The van der Waals surface area contributed by atoms with Crippen molar-refractivity contribution in [1.82, 2.24) is 8.61 Å². The number of nitrogens with zero attached hydrogens (tertiary/aromatic N) is 2. The van der Waals surface area contributed by atoms with Crippen molar-refractivity contribution in [2.75, 3.05) is 38.6 Å². The van der Waals surface area contributed by atoms with Crippen molar-refractivity contribution in [1.29, 1.82) is 0 Å². The van der Waals surface area contributed by atoms with Gasteiger partial charge in [0.1, 0.15) is 5.75 Å². The molecule has 0 radical (unpaired) electrons. The van der Waals surface area contributed by atoms with Gasteiger partial charge in [-0.25, -0.2) is 21.1 Å². The van der Waals surface area contributed by atoms with Crippen molar-refractivity contribution in [3.05, 3.63) is 52.0 Å². The Morgan fingerprint density at radius 2 is 1.65 bits per heavy atom. The van der Waals surface area contributed by atoms with Crippen LogP contribution in [-0.2, 0) is 30.6 Å². The number of halogens is 2. The fourth-order valence-corrected chi connectivity index (χ4v) is 8.27. The van der Waals surface area contributed by atoms with E-state index in [1.165, 1.54) is 40.0 Å². The summed E-state index contributed by atoms with van der Waals surface area (Å²) in [5.74, 6) is -0.662. The molecule has 2 aliphatic rings. The van der Waals surface area contributed by atoms with E-state index in [1.807, 2.05) is 0 Å². The van der Waals surface area contributed by atoms with Gasteiger partial charge in [-0.05, 0) is 61.6 Å². The lowest BCUT2D eigenvalue weighted by atomic mass is 9.97. The molecule has 1 N–H and O–H groups in total. The lowest BCUT2D eigenvalue weighted by molar-refractivity contribution is -0.120. The van der Waals surface area contributed by atoms with E-state index in [2.05, 4.69) is 5.32 Å². The summed E-state index contributed by atoms with van der Waals surface area (Å²) < 4.78 is 60.0. The molecule has 0 aromatic heterocycles. The molecule has 0 aliphatic carbocycles. The smallest absolute Gasteiger partial charge is 0.243 e. The zero-order chi connectivity index (χ0) is 26.8. The molecule has 0 saturated carbocycles. The van der Waals surface area contributed by atoms with Crippen LogP contribution in [0.1, 0.15) is 31.2 Å². The largest absolute Gasteiger partial charge is 0.495 e. The first-order valence-electron chi connectivity index (χ1n) is 11.9. The topological polar surface area (TPSA) is 113 Å². The molecule has 2 aromatic rings. The van der Waals surface area contributed by atoms with E-state index in [4.69, 9.17) is 27.9 Å². The number of carbonyl (C=O) groups is 1. The van der Waals surface area contributed by atoms with Crippen LogP contribution in [0.3, 0.4) is 0 Å². The van der Waals surface area contributed by atoms with E-state index < -0.39 is 26.0 Å². The van der Waals surface area contributed by atoms with Crippen LogP contribution in [0.15, 0.2) is 41.3 Å². The van der Waals surface area contributed by atoms with Gasteiger partial charge in [-0.3, -0.25) is 4.79 Å². The molecule has 4 rings (SSSR count). The van der Waals surface area contributed by atoms with Crippen molar-refractivity contribution in [2.24, 2.45) is 5.92 Å². The van der Waals surface area contributed by atoms with E-state index in [0.717, 1.165) is 12.8 Å². The normalized spacial score (nSPS) is 18.1. The molecule has 0 bridgehead atoms.